The summed E-state index contributed by atoms with van der Waals surface area (Å²) in [4.78, 5) is 49.4. The molecule has 2 saturated heterocycles. The van der Waals surface area contributed by atoms with Crippen molar-refractivity contribution in [3.05, 3.63) is 80.1 Å². The van der Waals surface area contributed by atoms with Crippen LogP contribution in [0.15, 0.2) is 58.4 Å². The van der Waals surface area contributed by atoms with Crippen molar-refractivity contribution < 1.29 is 14.3 Å². The van der Waals surface area contributed by atoms with Crippen LogP contribution < -0.4 is 10.5 Å². The monoisotopic (exact) mass is 569 g/mol. The number of benzene rings is 1. The summed E-state index contributed by atoms with van der Waals surface area (Å²) in [5.74, 6) is 0.164. The molecule has 9 nitrogen and oxygen atoms in total. The lowest BCUT2D eigenvalue weighted by molar-refractivity contribution is -0.122. The van der Waals surface area contributed by atoms with Crippen molar-refractivity contribution in [2.45, 2.75) is 13.5 Å². The Morgan fingerprint density at radius 3 is 2.61 bits per heavy atom. The minimum Gasteiger partial charge on any atom is -0.450 e. The van der Waals surface area contributed by atoms with Gasteiger partial charge in [0.25, 0.3) is 11.5 Å². The van der Waals surface area contributed by atoms with E-state index >= 15 is 0 Å². The van der Waals surface area contributed by atoms with Gasteiger partial charge >= 0.3 is 6.09 Å². The van der Waals surface area contributed by atoms with Crippen LogP contribution >= 0.6 is 35.6 Å². The quantitative estimate of drug-likeness (QED) is 0.336. The molecule has 2 aliphatic rings. The molecule has 12 heteroatoms. The molecule has 0 aliphatic carbocycles. The number of nitrogens with zero attached hydrogens (tertiary/aromatic N) is 5. The third-order valence-corrected chi connectivity index (χ3v) is 8.04. The molecule has 2 amide bonds. The minimum atomic E-state index is -0.360. The highest BCUT2D eigenvalue weighted by molar-refractivity contribution is 8.26. The Morgan fingerprint density at radius 1 is 1.13 bits per heavy atom. The van der Waals surface area contributed by atoms with E-state index in [9.17, 15) is 14.4 Å². The molecule has 0 atom stereocenters. The molecular formula is C26H24ClN5O4S2. The first-order chi connectivity index (χ1) is 18.4. The molecule has 196 valence electrons. The number of anilines is 1. The number of carbonyl (C=O) groups is 2. The molecule has 0 unspecified atom stereocenters. The molecular weight excluding hydrogens is 546 g/mol. The summed E-state index contributed by atoms with van der Waals surface area (Å²) in [6, 6.07) is 12.6. The Hall–Kier alpha value is -3.41. The summed E-state index contributed by atoms with van der Waals surface area (Å²) in [5, 5.41) is 0.548. The van der Waals surface area contributed by atoms with Gasteiger partial charge in [-0.2, -0.15) is 0 Å². The molecule has 38 heavy (non-hydrogen) atoms. The van der Waals surface area contributed by atoms with Gasteiger partial charge in [-0.25, -0.2) is 9.78 Å². The topological polar surface area (TPSA) is 87.5 Å². The number of amides is 2. The molecule has 0 bridgehead atoms. The summed E-state index contributed by atoms with van der Waals surface area (Å²) >= 11 is 13.0. The number of hydrogen-bond acceptors (Lipinski definition) is 8. The molecule has 1 aromatic carbocycles. The van der Waals surface area contributed by atoms with E-state index in [0.717, 1.165) is 17.3 Å². The molecule has 2 aromatic heterocycles. The van der Waals surface area contributed by atoms with Crippen LogP contribution in [0, 0.1) is 0 Å². The summed E-state index contributed by atoms with van der Waals surface area (Å²) in [6.45, 7) is 4.08. The highest BCUT2D eigenvalue weighted by Gasteiger charge is 2.34. The third-order valence-electron chi connectivity index (χ3n) is 6.29. The number of thiocarbonyl (C=S) groups is 1. The molecule has 3 aromatic rings. The van der Waals surface area contributed by atoms with Crippen molar-refractivity contribution >= 4 is 69.4 Å². The largest absolute Gasteiger partial charge is 0.450 e. The number of hydrogen-bond donors (Lipinski definition) is 0. The number of carbonyl (C=O) groups excluding carboxylic acids is 2. The van der Waals surface area contributed by atoms with Gasteiger partial charge in [-0.3, -0.25) is 18.9 Å². The van der Waals surface area contributed by atoms with E-state index in [1.165, 1.54) is 9.30 Å². The highest BCUT2D eigenvalue weighted by Crippen LogP contribution is 2.35. The molecule has 2 fully saturated rings. The van der Waals surface area contributed by atoms with E-state index in [1.807, 2.05) is 29.2 Å². The first-order valence-corrected chi connectivity index (χ1v) is 13.6. The zero-order chi connectivity index (χ0) is 26.8. The Kier molecular flexibility index (Phi) is 7.68. The van der Waals surface area contributed by atoms with Crippen molar-refractivity contribution in [2.24, 2.45) is 0 Å². The van der Waals surface area contributed by atoms with Crippen LogP contribution in [0.5, 0.6) is 0 Å². The number of halogens is 1. The molecule has 0 N–H and O–H groups in total. The second kappa shape index (κ2) is 11.1. The van der Waals surface area contributed by atoms with Gasteiger partial charge in [-0.15, -0.1) is 0 Å². The lowest BCUT2D eigenvalue weighted by Gasteiger charge is -2.35. The van der Waals surface area contributed by atoms with E-state index in [1.54, 1.807) is 42.3 Å². The van der Waals surface area contributed by atoms with Crippen molar-refractivity contribution in [2.75, 3.05) is 37.7 Å². The van der Waals surface area contributed by atoms with Gasteiger partial charge in [-0.05, 0) is 36.8 Å². The van der Waals surface area contributed by atoms with Crippen LogP contribution in [-0.2, 0) is 16.1 Å². The van der Waals surface area contributed by atoms with E-state index in [0.29, 0.717) is 58.5 Å². The van der Waals surface area contributed by atoms with E-state index < -0.39 is 0 Å². The number of piperazine rings is 1. The normalized spacial score (nSPS) is 17.1. The Bertz CT molecular complexity index is 1520. The zero-order valence-electron chi connectivity index (χ0n) is 20.5. The number of pyridine rings is 1. The average molecular weight is 570 g/mol. The Morgan fingerprint density at radius 2 is 1.87 bits per heavy atom. The van der Waals surface area contributed by atoms with Gasteiger partial charge in [0.2, 0.25) is 0 Å². The van der Waals surface area contributed by atoms with E-state index in [2.05, 4.69) is 0 Å². The number of aromatic nitrogens is 2. The van der Waals surface area contributed by atoms with Gasteiger partial charge in [0.15, 0.2) is 0 Å². The van der Waals surface area contributed by atoms with Gasteiger partial charge < -0.3 is 14.5 Å². The van der Waals surface area contributed by atoms with Gasteiger partial charge in [0.05, 0.1) is 23.6 Å². The van der Waals surface area contributed by atoms with Crippen LogP contribution in [0.25, 0.3) is 11.7 Å². The number of rotatable bonds is 5. The Labute approximate surface area is 233 Å². The average Bonchev–Trinajstić information content (AvgIpc) is 3.19. The fourth-order valence-corrected chi connectivity index (χ4v) is 5.77. The van der Waals surface area contributed by atoms with Gasteiger partial charge in [0.1, 0.15) is 15.8 Å². The lowest BCUT2D eigenvalue weighted by atomic mass is 10.2. The molecule has 0 radical (unpaired) electrons. The lowest BCUT2D eigenvalue weighted by Crippen LogP contribution is -2.49. The maximum atomic E-state index is 13.6. The minimum absolute atomic E-state index is 0.235. The van der Waals surface area contributed by atoms with Crippen molar-refractivity contribution in [3.63, 3.8) is 0 Å². The third kappa shape index (κ3) is 5.13. The maximum Gasteiger partial charge on any atom is 0.409 e. The second-order valence-electron chi connectivity index (χ2n) is 8.62. The summed E-state index contributed by atoms with van der Waals surface area (Å²) < 4.78 is 6.96. The molecule has 5 rings (SSSR count). The number of fused-ring (bicyclic) bond motifs is 1. The SMILES string of the molecule is CCOC(=O)N1CCN(c2nc3ccccn3c(=O)c2/C=C2/SC(=S)N(Cc3ccccc3Cl)C2=O)CC1. The summed E-state index contributed by atoms with van der Waals surface area (Å²) in [7, 11) is 0. The first-order valence-electron chi connectivity index (χ1n) is 12.0. The first kappa shape index (κ1) is 26.2. The van der Waals surface area contributed by atoms with E-state index in [4.69, 9.17) is 33.5 Å². The van der Waals surface area contributed by atoms with Crippen LogP contribution in [0.2, 0.25) is 5.02 Å². The summed E-state index contributed by atoms with van der Waals surface area (Å²) in [6.07, 6.45) is 2.86. The maximum absolute atomic E-state index is 13.6. The standard InChI is InChI=1S/C26H24ClN5O4S2/c1-2-36-25(35)30-13-11-29(12-14-30)22-18(23(33)31-10-6-5-9-21(31)28-22)15-20-24(34)32(26(37)38-20)16-17-7-3-4-8-19(17)27/h3-10,15H,2,11-14,16H2,1H3/b20-15+. The molecule has 0 saturated carbocycles. The summed E-state index contributed by atoms with van der Waals surface area (Å²) in [5.41, 5.74) is 1.26. The van der Waals surface area contributed by atoms with Crippen molar-refractivity contribution in [3.8, 4) is 0 Å². The highest BCUT2D eigenvalue weighted by atomic mass is 35.5. The smallest absolute Gasteiger partial charge is 0.409 e. The van der Waals surface area contributed by atoms with E-state index in [-0.39, 0.29) is 29.7 Å². The van der Waals surface area contributed by atoms with Crippen LogP contribution in [0.1, 0.15) is 18.1 Å². The van der Waals surface area contributed by atoms with Crippen LogP contribution in [0.3, 0.4) is 0 Å². The predicted molar refractivity (Wildman–Crippen MR) is 152 cm³/mol. The molecule has 4 heterocycles. The zero-order valence-corrected chi connectivity index (χ0v) is 22.9. The number of thioether (sulfide) groups is 1. The van der Waals surface area contributed by atoms with Crippen LogP contribution in [-0.4, -0.2) is 68.3 Å². The van der Waals surface area contributed by atoms with Crippen molar-refractivity contribution in [1.82, 2.24) is 19.2 Å². The molecule has 0 spiro atoms. The van der Waals surface area contributed by atoms with Crippen molar-refractivity contribution in [1.29, 1.82) is 0 Å². The fraction of sp³-hybridized carbons (Fsp3) is 0.269. The predicted octanol–water partition coefficient (Wildman–Crippen LogP) is 4.03. The number of ether oxygens (including phenoxy) is 1. The van der Waals surface area contributed by atoms with Crippen LogP contribution in [0.4, 0.5) is 10.6 Å². The second-order valence-corrected chi connectivity index (χ2v) is 10.7. The fourth-order valence-electron chi connectivity index (χ4n) is 4.34. The Balaban J connectivity index is 1.49. The molecule has 2 aliphatic heterocycles. The van der Waals surface area contributed by atoms with Gasteiger partial charge in [-0.1, -0.05) is 59.8 Å². The van der Waals surface area contributed by atoms with Gasteiger partial charge in [0, 0.05) is 37.4 Å².